The number of ketones is 1. The Hall–Kier alpha value is -3.80. The van der Waals surface area contributed by atoms with Crippen LogP contribution < -0.4 is 4.74 Å². The van der Waals surface area contributed by atoms with Crippen molar-refractivity contribution in [3.63, 3.8) is 0 Å². The Balaban J connectivity index is 1.72. The van der Waals surface area contributed by atoms with E-state index in [-0.39, 0.29) is 17.9 Å². The van der Waals surface area contributed by atoms with Gasteiger partial charge in [0.2, 0.25) is 5.78 Å². The lowest BCUT2D eigenvalue weighted by atomic mass is 9.94. The van der Waals surface area contributed by atoms with Gasteiger partial charge in [-0.2, -0.15) is 0 Å². The highest BCUT2D eigenvalue weighted by Gasteiger charge is 2.44. The monoisotopic (exact) mass is 445 g/mol. The van der Waals surface area contributed by atoms with Crippen molar-refractivity contribution in [2.75, 3.05) is 6.61 Å². The quantitative estimate of drug-likeness (QED) is 0.441. The molecule has 0 saturated carbocycles. The van der Waals surface area contributed by atoms with Crippen LogP contribution in [0.5, 0.6) is 5.75 Å². The van der Waals surface area contributed by atoms with E-state index in [0.717, 1.165) is 12.0 Å². The summed E-state index contributed by atoms with van der Waals surface area (Å²) in [5, 5.41) is 10.8. The van der Waals surface area contributed by atoms with Gasteiger partial charge < -0.3 is 19.2 Å². The number of aliphatic hydroxyl groups excluding tert-OH is 1. The van der Waals surface area contributed by atoms with E-state index in [1.54, 1.807) is 6.07 Å². The van der Waals surface area contributed by atoms with Crippen molar-refractivity contribution < 1.29 is 23.8 Å². The van der Waals surface area contributed by atoms with Crippen molar-refractivity contribution >= 4 is 11.7 Å². The van der Waals surface area contributed by atoms with Crippen LogP contribution in [-0.4, -0.2) is 28.3 Å². The van der Waals surface area contributed by atoms with Gasteiger partial charge in [0.15, 0.2) is 11.5 Å². The van der Waals surface area contributed by atoms with Crippen LogP contribution in [0.2, 0.25) is 0 Å². The number of aliphatic hydroxyl groups is 1. The zero-order chi connectivity index (χ0) is 23.4. The van der Waals surface area contributed by atoms with Gasteiger partial charge in [-0.1, -0.05) is 56.3 Å². The molecule has 0 bridgehead atoms. The van der Waals surface area contributed by atoms with E-state index < -0.39 is 23.5 Å². The zero-order valence-electron chi connectivity index (χ0n) is 18.7. The first kappa shape index (κ1) is 22.4. The third kappa shape index (κ3) is 4.85. The van der Waals surface area contributed by atoms with Gasteiger partial charge in [0, 0.05) is 6.54 Å². The maximum absolute atomic E-state index is 13.3. The molecule has 0 saturated heterocycles. The summed E-state index contributed by atoms with van der Waals surface area (Å²) in [5.74, 6) is -0.429. The molecule has 0 aliphatic carbocycles. The number of ether oxygens (including phenoxy) is 1. The average Bonchev–Trinajstić information content (AvgIpc) is 3.43. The van der Waals surface area contributed by atoms with Gasteiger partial charge in [0.25, 0.3) is 5.91 Å². The highest BCUT2D eigenvalue weighted by Crippen LogP contribution is 2.40. The average molecular weight is 446 g/mol. The molecule has 1 aliphatic heterocycles. The minimum atomic E-state index is -0.774. The number of benzene rings is 2. The number of rotatable bonds is 9. The molecule has 6 nitrogen and oxygen atoms in total. The summed E-state index contributed by atoms with van der Waals surface area (Å²) in [4.78, 5) is 27.9. The maximum atomic E-state index is 13.3. The van der Waals surface area contributed by atoms with Crippen molar-refractivity contribution in [2.24, 2.45) is 5.92 Å². The predicted molar refractivity (Wildman–Crippen MR) is 124 cm³/mol. The summed E-state index contributed by atoms with van der Waals surface area (Å²) in [6.45, 7) is 5.07. The van der Waals surface area contributed by atoms with Crippen LogP contribution in [0.4, 0.5) is 0 Å². The Bertz CT molecular complexity index is 1150. The van der Waals surface area contributed by atoms with Gasteiger partial charge in [-0.15, -0.1) is 0 Å². The molecule has 1 aliphatic rings. The molecule has 1 aromatic heterocycles. The SMILES string of the molecule is CC(C)CCOc1cccc(C2C(C(=O)c3ccco3)=C(O)C(=O)N2Cc2ccccc2)c1. The molecule has 0 radical (unpaired) electrons. The van der Waals surface area contributed by atoms with Gasteiger partial charge in [-0.05, 0) is 47.7 Å². The number of hydrogen-bond acceptors (Lipinski definition) is 5. The summed E-state index contributed by atoms with van der Waals surface area (Å²) in [7, 11) is 0. The summed E-state index contributed by atoms with van der Waals surface area (Å²) < 4.78 is 11.2. The normalized spacial score (nSPS) is 16.0. The first-order chi connectivity index (χ1) is 16.0. The number of carbonyl (C=O) groups is 2. The fourth-order valence-corrected chi connectivity index (χ4v) is 3.90. The summed E-state index contributed by atoms with van der Waals surface area (Å²) in [6, 6.07) is 19.1. The van der Waals surface area contributed by atoms with Crippen molar-refractivity contribution in [1.29, 1.82) is 0 Å². The van der Waals surface area contributed by atoms with Crippen molar-refractivity contribution in [1.82, 2.24) is 4.90 Å². The molecule has 2 heterocycles. The topological polar surface area (TPSA) is 80.0 Å². The minimum absolute atomic E-state index is 0.00483. The summed E-state index contributed by atoms with van der Waals surface area (Å²) in [6.07, 6.45) is 2.30. The van der Waals surface area contributed by atoms with E-state index in [9.17, 15) is 14.7 Å². The first-order valence-corrected chi connectivity index (χ1v) is 11.0. The molecule has 1 amide bonds. The van der Waals surface area contributed by atoms with E-state index in [1.807, 2.05) is 54.6 Å². The Labute approximate surface area is 193 Å². The molecule has 33 heavy (non-hydrogen) atoms. The molecule has 1 atom stereocenters. The molecular formula is C27H27NO5. The lowest BCUT2D eigenvalue weighted by molar-refractivity contribution is -0.130. The molecule has 0 fully saturated rings. The number of Topliss-reactive ketones (excluding diaryl/α,β-unsaturated/α-hetero) is 1. The molecule has 6 heteroatoms. The molecular weight excluding hydrogens is 418 g/mol. The van der Waals surface area contributed by atoms with Gasteiger partial charge in [0.05, 0.1) is 24.5 Å². The standard InChI is InChI=1S/C27H27NO5/c1-18(2)13-15-32-21-11-6-10-20(16-21)24-23(25(29)22-12-7-14-33-22)26(30)27(31)28(24)17-19-8-4-3-5-9-19/h3-12,14,16,18,24,30H,13,15,17H2,1-2H3. The third-order valence-corrected chi connectivity index (χ3v) is 5.63. The van der Waals surface area contributed by atoms with Crippen molar-refractivity contribution in [3.05, 3.63) is 101 Å². The molecule has 2 aromatic carbocycles. The number of carbonyl (C=O) groups excluding carboxylic acids is 2. The van der Waals surface area contributed by atoms with E-state index >= 15 is 0 Å². The second-order valence-electron chi connectivity index (χ2n) is 8.49. The van der Waals surface area contributed by atoms with Crippen LogP contribution >= 0.6 is 0 Å². The second-order valence-corrected chi connectivity index (χ2v) is 8.49. The summed E-state index contributed by atoms with van der Waals surface area (Å²) >= 11 is 0. The van der Waals surface area contributed by atoms with Gasteiger partial charge in [0.1, 0.15) is 5.75 Å². The Morgan fingerprint density at radius 3 is 2.58 bits per heavy atom. The zero-order valence-corrected chi connectivity index (χ0v) is 18.7. The van der Waals surface area contributed by atoms with Crippen LogP contribution in [0.25, 0.3) is 0 Å². The van der Waals surface area contributed by atoms with Crippen LogP contribution in [-0.2, 0) is 11.3 Å². The van der Waals surface area contributed by atoms with Gasteiger partial charge >= 0.3 is 0 Å². The smallest absolute Gasteiger partial charge is 0.290 e. The predicted octanol–water partition coefficient (Wildman–Crippen LogP) is 5.48. The van der Waals surface area contributed by atoms with E-state index in [1.165, 1.54) is 17.2 Å². The van der Waals surface area contributed by atoms with E-state index in [4.69, 9.17) is 9.15 Å². The minimum Gasteiger partial charge on any atom is -0.503 e. The van der Waals surface area contributed by atoms with Crippen LogP contribution in [0.15, 0.2) is 88.7 Å². The second kappa shape index (κ2) is 9.77. The van der Waals surface area contributed by atoms with E-state index in [0.29, 0.717) is 23.8 Å². The highest BCUT2D eigenvalue weighted by atomic mass is 16.5. The van der Waals surface area contributed by atoms with Crippen LogP contribution in [0, 0.1) is 5.92 Å². The number of hydrogen-bond donors (Lipinski definition) is 1. The lowest BCUT2D eigenvalue weighted by Crippen LogP contribution is -2.30. The number of nitrogens with zero attached hydrogens (tertiary/aromatic N) is 1. The first-order valence-electron chi connectivity index (χ1n) is 11.0. The maximum Gasteiger partial charge on any atom is 0.290 e. The summed E-state index contributed by atoms with van der Waals surface area (Å²) in [5.41, 5.74) is 1.57. The molecule has 1 unspecified atom stereocenters. The fraction of sp³-hybridized carbons (Fsp3) is 0.259. The lowest BCUT2D eigenvalue weighted by Gasteiger charge is -2.27. The number of furan rings is 1. The molecule has 3 aromatic rings. The van der Waals surface area contributed by atoms with Crippen molar-refractivity contribution in [2.45, 2.75) is 32.9 Å². The van der Waals surface area contributed by atoms with Crippen molar-refractivity contribution in [3.8, 4) is 5.75 Å². The fourth-order valence-electron chi connectivity index (χ4n) is 3.90. The third-order valence-electron chi connectivity index (χ3n) is 5.63. The molecule has 170 valence electrons. The van der Waals surface area contributed by atoms with Gasteiger partial charge in [-0.3, -0.25) is 9.59 Å². The Kier molecular flexibility index (Phi) is 6.63. The van der Waals surface area contributed by atoms with Crippen LogP contribution in [0.3, 0.4) is 0 Å². The largest absolute Gasteiger partial charge is 0.503 e. The highest BCUT2D eigenvalue weighted by molar-refractivity contribution is 6.15. The molecule has 0 spiro atoms. The van der Waals surface area contributed by atoms with E-state index in [2.05, 4.69) is 13.8 Å². The molecule has 1 N–H and O–H groups in total. The molecule has 4 rings (SSSR count). The van der Waals surface area contributed by atoms with Gasteiger partial charge in [-0.25, -0.2) is 0 Å². The Morgan fingerprint density at radius 2 is 1.88 bits per heavy atom. The Morgan fingerprint density at radius 1 is 1.09 bits per heavy atom. The number of amides is 1. The van der Waals surface area contributed by atoms with Crippen LogP contribution in [0.1, 0.15) is 48.0 Å².